The molecule has 1 aliphatic rings. The number of methoxy groups -OCH3 is 1. The molecular weight excluding hydrogens is 384 g/mol. The van der Waals surface area contributed by atoms with E-state index >= 15 is 0 Å². The second kappa shape index (κ2) is 7.94. The number of tetrazole rings is 1. The molecule has 0 unspecified atom stereocenters. The molecule has 1 fully saturated rings. The number of nitrogens with zero attached hydrogens (tertiary/aromatic N) is 5. The van der Waals surface area contributed by atoms with Gasteiger partial charge in [0.2, 0.25) is 11.8 Å². The highest BCUT2D eigenvalue weighted by atomic mass is 16.5. The smallest absolute Gasteiger partial charge is 0.229 e. The maximum atomic E-state index is 12.9. The average Bonchev–Trinajstić information content (AvgIpc) is 3.33. The number of ether oxygens (including phenoxy) is 1. The number of rotatable bonds is 5. The Balaban J connectivity index is 1.50. The van der Waals surface area contributed by atoms with Crippen molar-refractivity contribution in [3.05, 3.63) is 53.9 Å². The van der Waals surface area contributed by atoms with Crippen molar-refractivity contribution in [1.29, 1.82) is 0 Å². The van der Waals surface area contributed by atoms with Crippen molar-refractivity contribution in [2.75, 3.05) is 23.9 Å². The highest BCUT2D eigenvalue weighted by Crippen LogP contribution is 2.34. The topological polar surface area (TPSA) is 102 Å². The van der Waals surface area contributed by atoms with Crippen LogP contribution in [-0.2, 0) is 9.59 Å². The van der Waals surface area contributed by atoms with Crippen LogP contribution in [0.3, 0.4) is 0 Å². The van der Waals surface area contributed by atoms with Crippen LogP contribution in [0.2, 0.25) is 0 Å². The first-order chi connectivity index (χ1) is 14.5. The monoisotopic (exact) mass is 406 g/mol. The van der Waals surface area contributed by atoms with Crippen LogP contribution < -0.4 is 15.0 Å². The van der Waals surface area contributed by atoms with Gasteiger partial charge in [-0.1, -0.05) is 12.1 Å². The van der Waals surface area contributed by atoms with E-state index < -0.39 is 5.92 Å². The minimum absolute atomic E-state index is 0.0999. The number of benzene rings is 2. The van der Waals surface area contributed by atoms with E-state index in [-0.39, 0.29) is 18.2 Å². The summed E-state index contributed by atoms with van der Waals surface area (Å²) >= 11 is 0. The van der Waals surface area contributed by atoms with E-state index in [0.29, 0.717) is 29.5 Å². The zero-order chi connectivity index (χ0) is 21.3. The lowest BCUT2D eigenvalue weighted by atomic mass is 10.1. The molecule has 2 amide bonds. The molecule has 0 radical (unpaired) electrons. The predicted octanol–water partition coefficient (Wildman–Crippen LogP) is 2.28. The number of aryl methyl sites for hydroxylation is 2. The fraction of sp³-hybridized carbons (Fsp3) is 0.286. The van der Waals surface area contributed by atoms with Gasteiger partial charge in [0, 0.05) is 18.7 Å². The van der Waals surface area contributed by atoms with Gasteiger partial charge < -0.3 is 15.0 Å². The molecule has 2 heterocycles. The van der Waals surface area contributed by atoms with Crippen LogP contribution in [0.25, 0.3) is 5.69 Å². The maximum Gasteiger partial charge on any atom is 0.229 e. The summed E-state index contributed by atoms with van der Waals surface area (Å²) in [6, 6.07) is 12.9. The van der Waals surface area contributed by atoms with Crippen LogP contribution in [0.4, 0.5) is 11.4 Å². The molecule has 1 N–H and O–H groups in total. The van der Waals surface area contributed by atoms with Gasteiger partial charge in [-0.3, -0.25) is 9.59 Å². The summed E-state index contributed by atoms with van der Waals surface area (Å²) in [5.74, 6) is 0.489. The van der Waals surface area contributed by atoms with E-state index in [1.807, 2.05) is 37.3 Å². The van der Waals surface area contributed by atoms with Gasteiger partial charge in [-0.25, -0.2) is 0 Å². The van der Waals surface area contributed by atoms with Gasteiger partial charge in [-0.05, 0) is 60.2 Å². The molecule has 1 aromatic heterocycles. The summed E-state index contributed by atoms with van der Waals surface area (Å²) in [5, 5.41) is 14.4. The van der Waals surface area contributed by atoms with Crippen molar-refractivity contribution in [2.24, 2.45) is 5.92 Å². The highest BCUT2D eigenvalue weighted by molar-refractivity contribution is 6.04. The minimum atomic E-state index is -0.457. The van der Waals surface area contributed by atoms with Crippen LogP contribution in [0.15, 0.2) is 42.5 Å². The Hall–Kier alpha value is -3.75. The van der Waals surface area contributed by atoms with Gasteiger partial charge in [0.15, 0.2) is 5.82 Å². The molecule has 4 rings (SSSR count). The summed E-state index contributed by atoms with van der Waals surface area (Å²) in [6.07, 6.45) is 0.148. The number of anilines is 2. The molecule has 1 saturated heterocycles. The Morgan fingerprint density at radius 3 is 2.77 bits per heavy atom. The lowest BCUT2D eigenvalue weighted by Gasteiger charge is -2.20. The van der Waals surface area contributed by atoms with Gasteiger partial charge in [-0.2, -0.15) is 4.68 Å². The molecule has 9 heteroatoms. The van der Waals surface area contributed by atoms with Crippen molar-refractivity contribution < 1.29 is 14.3 Å². The van der Waals surface area contributed by atoms with Gasteiger partial charge >= 0.3 is 0 Å². The summed E-state index contributed by atoms with van der Waals surface area (Å²) in [4.78, 5) is 27.1. The normalized spacial score (nSPS) is 16.0. The van der Waals surface area contributed by atoms with Crippen LogP contribution in [0, 0.1) is 19.8 Å². The Morgan fingerprint density at radius 2 is 2.03 bits per heavy atom. The van der Waals surface area contributed by atoms with Crippen molar-refractivity contribution in [3.8, 4) is 11.4 Å². The Kier molecular flexibility index (Phi) is 5.18. The van der Waals surface area contributed by atoms with Crippen molar-refractivity contribution in [2.45, 2.75) is 20.3 Å². The second-order valence-corrected chi connectivity index (χ2v) is 7.26. The van der Waals surface area contributed by atoms with E-state index in [1.54, 1.807) is 35.7 Å². The third-order valence-corrected chi connectivity index (χ3v) is 5.10. The first-order valence-corrected chi connectivity index (χ1v) is 9.57. The lowest BCUT2D eigenvalue weighted by molar-refractivity contribution is -0.122. The molecule has 0 spiro atoms. The second-order valence-electron chi connectivity index (χ2n) is 7.26. The van der Waals surface area contributed by atoms with Crippen LogP contribution in [0.5, 0.6) is 5.75 Å². The lowest BCUT2D eigenvalue weighted by Crippen LogP contribution is -2.28. The summed E-state index contributed by atoms with van der Waals surface area (Å²) < 4.78 is 6.98. The number of amides is 2. The summed E-state index contributed by atoms with van der Waals surface area (Å²) in [5.41, 5.74) is 3.06. The Morgan fingerprint density at radius 1 is 1.20 bits per heavy atom. The average molecular weight is 406 g/mol. The molecule has 9 nitrogen and oxygen atoms in total. The zero-order valence-electron chi connectivity index (χ0n) is 17.0. The minimum Gasteiger partial charge on any atom is -0.495 e. The number of hydrogen-bond donors (Lipinski definition) is 1. The number of hydrogen-bond acceptors (Lipinski definition) is 6. The van der Waals surface area contributed by atoms with Gasteiger partial charge in [-0.15, -0.1) is 5.10 Å². The molecule has 154 valence electrons. The summed E-state index contributed by atoms with van der Waals surface area (Å²) in [7, 11) is 1.57. The first kappa shape index (κ1) is 19.6. The van der Waals surface area contributed by atoms with E-state index in [1.165, 1.54) is 0 Å². The van der Waals surface area contributed by atoms with E-state index in [4.69, 9.17) is 4.74 Å². The fourth-order valence-corrected chi connectivity index (χ4v) is 3.56. The highest BCUT2D eigenvalue weighted by Gasteiger charge is 2.36. The molecule has 0 bridgehead atoms. The quantitative estimate of drug-likeness (QED) is 0.697. The van der Waals surface area contributed by atoms with Gasteiger partial charge in [0.1, 0.15) is 5.75 Å². The van der Waals surface area contributed by atoms with E-state index in [2.05, 4.69) is 20.8 Å². The maximum absolute atomic E-state index is 12.9. The molecule has 1 atom stereocenters. The third-order valence-electron chi connectivity index (χ3n) is 5.10. The van der Waals surface area contributed by atoms with Crippen molar-refractivity contribution in [1.82, 2.24) is 20.2 Å². The van der Waals surface area contributed by atoms with Crippen molar-refractivity contribution in [3.63, 3.8) is 0 Å². The Bertz CT molecular complexity index is 1110. The number of nitrogens with one attached hydrogen (secondary N) is 1. The molecular formula is C21H22N6O3. The van der Waals surface area contributed by atoms with Crippen LogP contribution >= 0.6 is 0 Å². The SMILES string of the molecule is COc1ccc(C)cc1N1C[C@H](C(=O)Nc2cccc(-n3nnnc3C)c2)CC1=O. The number of carbonyl (C=O) groups is 2. The molecule has 0 aliphatic carbocycles. The van der Waals surface area contributed by atoms with Gasteiger partial charge in [0.25, 0.3) is 0 Å². The van der Waals surface area contributed by atoms with E-state index in [0.717, 1.165) is 11.3 Å². The zero-order valence-corrected chi connectivity index (χ0v) is 17.0. The Labute approximate surface area is 173 Å². The summed E-state index contributed by atoms with van der Waals surface area (Å²) in [6.45, 7) is 4.05. The fourth-order valence-electron chi connectivity index (χ4n) is 3.56. The van der Waals surface area contributed by atoms with Crippen molar-refractivity contribution >= 4 is 23.2 Å². The van der Waals surface area contributed by atoms with Gasteiger partial charge in [0.05, 0.1) is 24.4 Å². The molecule has 0 saturated carbocycles. The standard InChI is InChI=1S/C21H22N6O3/c1-13-7-8-19(30-3)18(9-13)26-12-15(10-20(26)28)21(29)22-16-5-4-6-17(11-16)27-14(2)23-24-25-27/h4-9,11,15H,10,12H2,1-3H3,(H,22,29)/t15-/m1/s1. The predicted molar refractivity (Wildman–Crippen MR) is 111 cm³/mol. The largest absolute Gasteiger partial charge is 0.495 e. The van der Waals surface area contributed by atoms with Crippen LogP contribution in [-0.4, -0.2) is 45.7 Å². The van der Waals surface area contributed by atoms with Crippen LogP contribution in [0.1, 0.15) is 17.8 Å². The third kappa shape index (κ3) is 3.73. The molecule has 30 heavy (non-hydrogen) atoms. The molecule has 1 aliphatic heterocycles. The molecule has 3 aromatic rings. The number of carbonyl (C=O) groups excluding carboxylic acids is 2. The van der Waals surface area contributed by atoms with E-state index in [9.17, 15) is 9.59 Å². The molecule has 2 aromatic carbocycles. The number of aromatic nitrogens is 4. The first-order valence-electron chi connectivity index (χ1n) is 9.57.